The Kier molecular flexibility index (Phi) is 6.13. The SMILES string of the molecule is Cc1cccc(Nc2cc(C3CCN(C(=O)/C=C/c4cccnc4)CC3)ccn2)n1. The number of hydrogen-bond donors (Lipinski definition) is 1. The third-order valence-corrected chi connectivity index (χ3v) is 5.31. The van der Waals surface area contributed by atoms with Gasteiger partial charge in [0.25, 0.3) is 0 Å². The fourth-order valence-corrected chi connectivity index (χ4v) is 3.69. The zero-order valence-electron chi connectivity index (χ0n) is 17.0. The highest BCUT2D eigenvalue weighted by Gasteiger charge is 2.23. The van der Waals surface area contributed by atoms with Crippen molar-refractivity contribution in [3.8, 4) is 0 Å². The number of aryl methyl sites for hydroxylation is 1. The number of anilines is 2. The Balaban J connectivity index is 1.35. The molecule has 1 fully saturated rings. The van der Waals surface area contributed by atoms with E-state index < -0.39 is 0 Å². The summed E-state index contributed by atoms with van der Waals surface area (Å²) in [7, 11) is 0. The van der Waals surface area contributed by atoms with Gasteiger partial charge in [-0.05, 0) is 73.2 Å². The summed E-state index contributed by atoms with van der Waals surface area (Å²) in [4.78, 5) is 27.4. The summed E-state index contributed by atoms with van der Waals surface area (Å²) in [5, 5.41) is 3.28. The highest BCUT2D eigenvalue weighted by Crippen LogP contribution is 2.29. The van der Waals surface area contributed by atoms with Crippen LogP contribution in [0.15, 0.2) is 67.1 Å². The second kappa shape index (κ2) is 9.31. The molecular weight excluding hydrogens is 374 g/mol. The molecular formula is C24H25N5O. The zero-order chi connectivity index (χ0) is 20.8. The van der Waals surface area contributed by atoms with Gasteiger partial charge in [0.15, 0.2) is 0 Å². The molecule has 0 radical (unpaired) electrons. The molecule has 3 aromatic rings. The Morgan fingerprint density at radius 2 is 1.97 bits per heavy atom. The average Bonchev–Trinajstić information content (AvgIpc) is 2.78. The van der Waals surface area contributed by atoms with Crippen LogP contribution in [0.3, 0.4) is 0 Å². The van der Waals surface area contributed by atoms with Crippen LogP contribution in [0, 0.1) is 6.92 Å². The molecule has 0 atom stereocenters. The van der Waals surface area contributed by atoms with E-state index >= 15 is 0 Å². The van der Waals surface area contributed by atoms with Crippen LogP contribution in [0.25, 0.3) is 6.08 Å². The van der Waals surface area contributed by atoms with Crippen LogP contribution in [0.2, 0.25) is 0 Å². The van der Waals surface area contributed by atoms with E-state index in [9.17, 15) is 4.79 Å². The fraction of sp³-hybridized carbons (Fsp3) is 0.250. The van der Waals surface area contributed by atoms with Gasteiger partial charge < -0.3 is 10.2 Å². The molecule has 4 rings (SSSR count). The maximum absolute atomic E-state index is 12.5. The van der Waals surface area contributed by atoms with Crippen LogP contribution >= 0.6 is 0 Å². The Morgan fingerprint density at radius 3 is 2.73 bits per heavy atom. The Morgan fingerprint density at radius 1 is 1.10 bits per heavy atom. The molecule has 1 amide bonds. The summed E-state index contributed by atoms with van der Waals surface area (Å²) >= 11 is 0. The largest absolute Gasteiger partial charge is 0.339 e. The monoisotopic (exact) mass is 399 g/mol. The minimum absolute atomic E-state index is 0.0555. The molecule has 1 saturated heterocycles. The van der Waals surface area contributed by atoms with Crippen LogP contribution in [-0.4, -0.2) is 38.8 Å². The zero-order valence-corrected chi connectivity index (χ0v) is 17.0. The molecule has 1 aliphatic heterocycles. The van der Waals surface area contributed by atoms with Crippen molar-refractivity contribution in [1.29, 1.82) is 0 Å². The molecule has 0 spiro atoms. The number of nitrogens with one attached hydrogen (secondary N) is 1. The molecule has 0 saturated carbocycles. The smallest absolute Gasteiger partial charge is 0.246 e. The molecule has 4 heterocycles. The van der Waals surface area contributed by atoms with E-state index in [-0.39, 0.29) is 5.91 Å². The number of amides is 1. The predicted octanol–water partition coefficient (Wildman–Crippen LogP) is 4.34. The molecule has 0 bridgehead atoms. The van der Waals surface area contributed by atoms with Crippen LogP contribution in [-0.2, 0) is 4.79 Å². The molecule has 152 valence electrons. The summed E-state index contributed by atoms with van der Waals surface area (Å²) in [5.41, 5.74) is 3.14. The first-order chi connectivity index (χ1) is 14.7. The number of aromatic nitrogens is 3. The number of pyridine rings is 3. The normalized spacial score (nSPS) is 14.8. The van der Waals surface area contributed by atoms with Crippen molar-refractivity contribution in [2.45, 2.75) is 25.7 Å². The number of carbonyl (C=O) groups is 1. The first-order valence-electron chi connectivity index (χ1n) is 10.2. The number of hydrogen-bond acceptors (Lipinski definition) is 5. The van der Waals surface area contributed by atoms with E-state index in [1.165, 1.54) is 5.56 Å². The first-order valence-corrected chi connectivity index (χ1v) is 10.2. The Hall–Kier alpha value is -3.54. The topological polar surface area (TPSA) is 71.0 Å². The van der Waals surface area contributed by atoms with Crippen molar-refractivity contribution in [2.24, 2.45) is 0 Å². The molecule has 1 aliphatic rings. The molecule has 0 unspecified atom stereocenters. The summed E-state index contributed by atoms with van der Waals surface area (Å²) in [6.45, 7) is 3.48. The van der Waals surface area contributed by atoms with Crippen molar-refractivity contribution < 1.29 is 4.79 Å². The summed E-state index contributed by atoms with van der Waals surface area (Å²) in [6.07, 6.45) is 10.7. The van der Waals surface area contributed by atoms with Gasteiger partial charge in [0, 0.05) is 43.4 Å². The van der Waals surface area contributed by atoms with E-state index in [4.69, 9.17) is 0 Å². The van der Waals surface area contributed by atoms with E-state index in [2.05, 4.69) is 32.4 Å². The number of nitrogens with zero attached hydrogens (tertiary/aromatic N) is 4. The van der Waals surface area contributed by atoms with E-state index in [1.54, 1.807) is 18.5 Å². The van der Waals surface area contributed by atoms with E-state index in [1.807, 2.05) is 54.4 Å². The van der Waals surface area contributed by atoms with Gasteiger partial charge in [0.1, 0.15) is 11.6 Å². The summed E-state index contributed by atoms with van der Waals surface area (Å²) < 4.78 is 0. The molecule has 6 heteroatoms. The van der Waals surface area contributed by atoms with Crippen molar-refractivity contribution in [3.05, 3.63) is 84.0 Å². The van der Waals surface area contributed by atoms with Crippen molar-refractivity contribution in [3.63, 3.8) is 0 Å². The lowest BCUT2D eigenvalue weighted by Gasteiger charge is -2.31. The summed E-state index contributed by atoms with van der Waals surface area (Å²) in [6, 6.07) is 13.8. The van der Waals surface area contributed by atoms with Gasteiger partial charge in [-0.3, -0.25) is 9.78 Å². The average molecular weight is 399 g/mol. The van der Waals surface area contributed by atoms with E-state index in [0.29, 0.717) is 5.92 Å². The van der Waals surface area contributed by atoms with Crippen LogP contribution in [0.5, 0.6) is 0 Å². The molecule has 0 aromatic carbocycles. The van der Waals surface area contributed by atoms with Crippen LogP contribution < -0.4 is 5.32 Å². The Labute approximate surface area is 176 Å². The van der Waals surface area contributed by atoms with Crippen molar-refractivity contribution in [2.75, 3.05) is 18.4 Å². The number of piperidine rings is 1. The first kappa shape index (κ1) is 19.8. The van der Waals surface area contributed by atoms with Gasteiger partial charge in [0.05, 0.1) is 0 Å². The highest BCUT2D eigenvalue weighted by molar-refractivity contribution is 5.91. The van der Waals surface area contributed by atoms with E-state index in [0.717, 1.165) is 48.8 Å². The lowest BCUT2D eigenvalue weighted by atomic mass is 9.90. The van der Waals surface area contributed by atoms with Crippen LogP contribution in [0.1, 0.15) is 35.6 Å². The second-order valence-electron chi connectivity index (χ2n) is 7.48. The minimum atomic E-state index is 0.0555. The molecule has 30 heavy (non-hydrogen) atoms. The maximum Gasteiger partial charge on any atom is 0.246 e. The standard InChI is InChI=1S/C24H25N5O/c1-18-4-2-6-22(27-18)28-23-16-21(9-13-26-23)20-10-14-29(15-11-20)24(30)8-7-19-5-3-12-25-17-19/h2-9,12-13,16-17,20H,10-11,14-15H2,1H3,(H,26,27,28)/b8-7+. The lowest BCUT2D eigenvalue weighted by molar-refractivity contribution is -0.126. The highest BCUT2D eigenvalue weighted by atomic mass is 16.2. The predicted molar refractivity (Wildman–Crippen MR) is 118 cm³/mol. The molecule has 1 N–H and O–H groups in total. The fourth-order valence-electron chi connectivity index (χ4n) is 3.69. The van der Waals surface area contributed by atoms with Crippen LogP contribution in [0.4, 0.5) is 11.6 Å². The summed E-state index contributed by atoms with van der Waals surface area (Å²) in [5.74, 6) is 2.06. The van der Waals surface area contributed by atoms with Gasteiger partial charge in [-0.2, -0.15) is 0 Å². The van der Waals surface area contributed by atoms with Gasteiger partial charge in [-0.1, -0.05) is 12.1 Å². The number of likely N-dealkylation sites (tertiary alicyclic amines) is 1. The second-order valence-corrected chi connectivity index (χ2v) is 7.48. The minimum Gasteiger partial charge on any atom is -0.339 e. The number of carbonyl (C=O) groups excluding carboxylic acids is 1. The van der Waals surface area contributed by atoms with Gasteiger partial charge >= 0.3 is 0 Å². The number of rotatable bonds is 5. The third kappa shape index (κ3) is 5.08. The van der Waals surface area contributed by atoms with Crippen molar-refractivity contribution in [1.82, 2.24) is 19.9 Å². The van der Waals surface area contributed by atoms with Gasteiger partial charge in [0.2, 0.25) is 5.91 Å². The molecule has 6 nitrogen and oxygen atoms in total. The molecule has 3 aromatic heterocycles. The molecule has 0 aliphatic carbocycles. The van der Waals surface area contributed by atoms with Crippen molar-refractivity contribution >= 4 is 23.6 Å². The quantitative estimate of drug-likeness (QED) is 0.646. The maximum atomic E-state index is 12.5. The third-order valence-electron chi connectivity index (χ3n) is 5.31. The lowest BCUT2D eigenvalue weighted by Crippen LogP contribution is -2.36. The van der Waals surface area contributed by atoms with Gasteiger partial charge in [-0.25, -0.2) is 9.97 Å². The van der Waals surface area contributed by atoms with Gasteiger partial charge in [-0.15, -0.1) is 0 Å². The Bertz CT molecular complexity index is 1030.